The Morgan fingerprint density at radius 1 is 1.20 bits per heavy atom. The van der Waals surface area contributed by atoms with Crippen molar-refractivity contribution in [2.45, 2.75) is 23.1 Å². The summed E-state index contributed by atoms with van der Waals surface area (Å²) in [5.41, 5.74) is 0.678. The number of carboxylic acid groups (broad SMARTS) is 1. The van der Waals surface area contributed by atoms with Crippen LogP contribution in [0.2, 0.25) is 0 Å². The Balaban J connectivity index is 2.03. The zero-order chi connectivity index (χ0) is 22.3. The summed E-state index contributed by atoms with van der Waals surface area (Å²) in [6, 6.07) is 5.55. The lowest BCUT2D eigenvalue weighted by atomic mass is 10.1. The average molecular weight is 455 g/mol. The number of pyridine rings is 1. The van der Waals surface area contributed by atoms with Crippen LogP contribution in [0.25, 0.3) is 0 Å². The van der Waals surface area contributed by atoms with Crippen LogP contribution in [0.15, 0.2) is 47.6 Å². The van der Waals surface area contributed by atoms with Crippen LogP contribution in [0, 0.1) is 5.82 Å². The van der Waals surface area contributed by atoms with Crippen molar-refractivity contribution in [3.8, 4) is 0 Å². The first-order valence-corrected chi connectivity index (χ1v) is 11.6. The predicted octanol–water partition coefficient (Wildman–Crippen LogP) is 1.70. The number of sulfone groups is 1. The fraction of sp³-hybridized carbons (Fsp3) is 0.263. The van der Waals surface area contributed by atoms with Gasteiger partial charge in [0.25, 0.3) is 5.91 Å². The second-order valence-corrected chi connectivity index (χ2v) is 9.39. The molecule has 2 N–H and O–H groups in total. The molecule has 0 aliphatic heterocycles. The van der Waals surface area contributed by atoms with Gasteiger partial charge >= 0.3 is 5.97 Å². The Hall–Kier alpha value is -2.79. The maximum Gasteiger partial charge on any atom is 0.305 e. The highest BCUT2D eigenvalue weighted by atomic mass is 32.2. The van der Waals surface area contributed by atoms with E-state index in [1.165, 1.54) is 23.9 Å². The zero-order valence-electron chi connectivity index (χ0n) is 15.9. The molecule has 0 aliphatic rings. The molecule has 1 aromatic carbocycles. The quantitative estimate of drug-likeness (QED) is 0.555. The Kier molecular flexibility index (Phi) is 8.07. The first-order chi connectivity index (χ1) is 14.1. The lowest BCUT2D eigenvalue weighted by Gasteiger charge is -2.16. The van der Waals surface area contributed by atoms with Gasteiger partial charge in [0.15, 0.2) is 15.6 Å². The molecular weight excluding hydrogens is 435 g/mol. The van der Waals surface area contributed by atoms with Gasteiger partial charge in [0.1, 0.15) is 5.82 Å². The second kappa shape index (κ2) is 10.3. The Morgan fingerprint density at radius 3 is 2.47 bits per heavy atom. The van der Waals surface area contributed by atoms with Crippen molar-refractivity contribution in [3.63, 3.8) is 0 Å². The van der Waals surface area contributed by atoms with Gasteiger partial charge in [0, 0.05) is 24.4 Å². The number of carbonyl (C=O) groups is 3. The number of halogens is 1. The molecule has 1 atom stereocenters. The number of hydrogen-bond donors (Lipinski definition) is 2. The molecule has 2 aromatic rings. The second-order valence-electron chi connectivity index (χ2n) is 6.39. The topological polar surface area (TPSA) is 130 Å². The average Bonchev–Trinajstić information content (AvgIpc) is 2.68. The number of hydrogen-bond acceptors (Lipinski definition) is 7. The van der Waals surface area contributed by atoms with Gasteiger partial charge in [-0.3, -0.25) is 19.4 Å². The third kappa shape index (κ3) is 7.23. The highest BCUT2D eigenvalue weighted by Crippen LogP contribution is 2.15. The van der Waals surface area contributed by atoms with E-state index >= 15 is 0 Å². The van der Waals surface area contributed by atoms with E-state index in [4.69, 9.17) is 5.11 Å². The number of carboxylic acids is 1. The van der Waals surface area contributed by atoms with Crippen LogP contribution in [0.4, 0.5) is 4.39 Å². The first-order valence-electron chi connectivity index (χ1n) is 8.59. The third-order valence-electron chi connectivity index (χ3n) is 3.90. The van der Waals surface area contributed by atoms with E-state index in [0.717, 1.165) is 30.3 Å². The highest BCUT2D eigenvalue weighted by Gasteiger charge is 2.24. The third-order valence-corrected chi connectivity index (χ3v) is 6.01. The van der Waals surface area contributed by atoms with E-state index in [9.17, 15) is 27.2 Å². The molecule has 1 heterocycles. The van der Waals surface area contributed by atoms with Gasteiger partial charge in [0.05, 0.1) is 28.7 Å². The minimum Gasteiger partial charge on any atom is -0.481 e. The van der Waals surface area contributed by atoms with E-state index in [1.54, 1.807) is 12.1 Å². The maximum absolute atomic E-state index is 12.9. The van der Waals surface area contributed by atoms with Crippen LogP contribution < -0.4 is 5.32 Å². The number of benzene rings is 1. The summed E-state index contributed by atoms with van der Waals surface area (Å²) in [6.07, 6.45) is 2.54. The van der Waals surface area contributed by atoms with Crippen LogP contribution in [0.5, 0.6) is 0 Å². The monoisotopic (exact) mass is 454 g/mol. The summed E-state index contributed by atoms with van der Waals surface area (Å²) in [7, 11) is -3.59. The molecule has 30 heavy (non-hydrogen) atoms. The van der Waals surface area contributed by atoms with Gasteiger partial charge in [-0.05, 0) is 23.8 Å². The van der Waals surface area contributed by atoms with Crippen molar-refractivity contribution in [2.75, 3.05) is 12.0 Å². The van der Waals surface area contributed by atoms with Crippen LogP contribution in [-0.4, -0.2) is 54.2 Å². The number of nitrogens with zero attached hydrogens (tertiary/aromatic N) is 1. The minimum absolute atomic E-state index is 0.0722. The smallest absolute Gasteiger partial charge is 0.305 e. The summed E-state index contributed by atoms with van der Waals surface area (Å²) >= 11 is 1.20. The Bertz CT molecular complexity index is 1040. The van der Waals surface area contributed by atoms with Crippen LogP contribution in [-0.2, 0) is 25.2 Å². The van der Waals surface area contributed by atoms with Gasteiger partial charge in [0.2, 0.25) is 0 Å². The van der Waals surface area contributed by atoms with Gasteiger partial charge in [-0.1, -0.05) is 12.1 Å². The fourth-order valence-electron chi connectivity index (χ4n) is 2.36. The van der Waals surface area contributed by atoms with Crippen LogP contribution in [0.3, 0.4) is 0 Å². The van der Waals surface area contributed by atoms with Crippen molar-refractivity contribution in [3.05, 3.63) is 59.7 Å². The molecule has 160 valence electrons. The largest absolute Gasteiger partial charge is 0.481 e. The molecule has 2 rings (SSSR count). The number of thioether (sulfide) groups is 1. The summed E-state index contributed by atoms with van der Waals surface area (Å²) < 4.78 is 36.1. The Morgan fingerprint density at radius 2 is 1.87 bits per heavy atom. The highest BCUT2D eigenvalue weighted by molar-refractivity contribution is 7.99. The van der Waals surface area contributed by atoms with Gasteiger partial charge in [-0.2, -0.15) is 0 Å². The zero-order valence-corrected chi connectivity index (χ0v) is 17.5. The van der Waals surface area contributed by atoms with Crippen molar-refractivity contribution in [1.29, 1.82) is 0 Å². The van der Waals surface area contributed by atoms with E-state index in [0.29, 0.717) is 5.75 Å². The van der Waals surface area contributed by atoms with Crippen LogP contribution in [0.1, 0.15) is 22.3 Å². The van der Waals surface area contributed by atoms with Crippen molar-refractivity contribution < 1.29 is 32.3 Å². The number of carbonyl (C=O) groups excluding carboxylic acids is 2. The van der Waals surface area contributed by atoms with Gasteiger partial charge < -0.3 is 10.4 Å². The standard InChI is InChI=1S/C19H19FN2O6S2/c1-30(27,28)15-6-13(8-21-9-15)19(26)22-16(7-18(24)25)17(23)11-29-10-12-2-4-14(20)5-3-12/h2-6,8-9,16H,7,10-11H2,1H3,(H,22,26)(H,24,25)/t16-/m0/s1. The van der Waals surface area contributed by atoms with E-state index in [-0.39, 0.29) is 22.0 Å². The van der Waals surface area contributed by atoms with Gasteiger partial charge in [-0.15, -0.1) is 11.8 Å². The molecular formula is C19H19FN2O6S2. The number of rotatable bonds is 10. The molecule has 0 spiro atoms. The predicted molar refractivity (Wildman–Crippen MR) is 108 cm³/mol. The number of ketones is 1. The van der Waals surface area contributed by atoms with Gasteiger partial charge in [-0.25, -0.2) is 12.8 Å². The van der Waals surface area contributed by atoms with E-state index < -0.39 is 40.0 Å². The SMILES string of the molecule is CS(=O)(=O)c1cncc(C(=O)N[C@@H](CC(=O)O)C(=O)CSCc2ccc(F)cc2)c1. The molecule has 0 saturated carbocycles. The normalized spacial score (nSPS) is 12.2. The molecule has 0 aliphatic carbocycles. The lowest BCUT2D eigenvalue weighted by molar-refractivity contribution is -0.139. The summed E-state index contributed by atoms with van der Waals surface area (Å²) in [5, 5.41) is 11.4. The number of aromatic nitrogens is 1. The summed E-state index contributed by atoms with van der Waals surface area (Å²) in [5.74, 6) is -2.64. The number of nitrogens with one attached hydrogen (secondary N) is 1. The summed E-state index contributed by atoms with van der Waals surface area (Å²) in [4.78, 5) is 39.5. The van der Waals surface area contributed by atoms with Crippen molar-refractivity contribution in [1.82, 2.24) is 10.3 Å². The first kappa shape index (κ1) is 23.5. The molecule has 0 radical (unpaired) electrons. The number of aliphatic carboxylic acids is 1. The Labute approximate surface area is 176 Å². The molecule has 0 unspecified atom stereocenters. The van der Waals surface area contributed by atoms with E-state index in [1.807, 2.05) is 0 Å². The van der Waals surface area contributed by atoms with Crippen LogP contribution >= 0.6 is 11.8 Å². The minimum atomic E-state index is -3.59. The maximum atomic E-state index is 12.9. The van der Waals surface area contributed by atoms with E-state index in [2.05, 4.69) is 10.3 Å². The lowest BCUT2D eigenvalue weighted by Crippen LogP contribution is -2.43. The molecule has 11 heteroatoms. The van der Waals surface area contributed by atoms with Crippen molar-refractivity contribution in [2.24, 2.45) is 0 Å². The summed E-state index contributed by atoms with van der Waals surface area (Å²) in [6.45, 7) is 0. The number of amides is 1. The molecule has 0 saturated heterocycles. The molecule has 1 aromatic heterocycles. The molecule has 8 nitrogen and oxygen atoms in total. The molecule has 0 fully saturated rings. The molecule has 1 amide bonds. The fourth-order valence-corrected chi connectivity index (χ4v) is 3.88. The number of Topliss-reactive ketones (excluding diaryl/α,β-unsaturated/α-hetero) is 1. The molecule has 0 bridgehead atoms. The van der Waals surface area contributed by atoms with Crippen molar-refractivity contribution >= 4 is 39.3 Å².